The Morgan fingerprint density at radius 2 is 2.17 bits per heavy atom. The number of hydrogen-bond acceptors (Lipinski definition) is 4. The third-order valence-electron chi connectivity index (χ3n) is 1.42. The summed E-state index contributed by atoms with van der Waals surface area (Å²) in [5.74, 6) is 0.396. The maximum atomic E-state index is 9.32. The SMILES string of the molecule is Oc1cccnc1-c1ncco1. The Kier molecular flexibility index (Phi) is 1.51. The molecule has 0 saturated heterocycles. The molecule has 0 unspecified atom stereocenters. The highest BCUT2D eigenvalue weighted by molar-refractivity contribution is 5.55. The molecule has 0 amide bonds. The van der Waals surface area contributed by atoms with Crippen molar-refractivity contribution in [3.8, 4) is 17.3 Å². The van der Waals surface area contributed by atoms with Gasteiger partial charge in [-0.05, 0) is 12.1 Å². The predicted molar refractivity (Wildman–Crippen MR) is 41.4 cm³/mol. The highest BCUT2D eigenvalue weighted by atomic mass is 16.3. The lowest BCUT2D eigenvalue weighted by Gasteiger charge is -1.95. The normalized spacial score (nSPS) is 10.0. The molecular weight excluding hydrogens is 156 g/mol. The van der Waals surface area contributed by atoms with Crippen molar-refractivity contribution in [1.82, 2.24) is 9.97 Å². The fourth-order valence-corrected chi connectivity index (χ4v) is 0.902. The van der Waals surface area contributed by atoms with Crippen molar-refractivity contribution in [2.24, 2.45) is 0 Å². The average molecular weight is 162 g/mol. The van der Waals surface area contributed by atoms with Crippen LogP contribution in [-0.2, 0) is 0 Å². The lowest BCUT2D eigenvalue weighted by molar-refractivity contribution is 0.470. The van der Waals surface area contributed by atoms with E-state index in [4.69, 9.17) is 4.42 Å². The molecule has 0 bridgehead atoms. The molecule has 60 valence electrons. The minimum Gasteiger partial charge on any atom is -0.505 e. The molecule has 2 rings (SSSR count). The van der Waals surface area contributed by atoms with Crippen molar-refractivity contribution < 1.29 is 9.52 Å². The van der Waals surface area contributed by atoms with Crippen molar-refractivity contribution >= 4 is 0 Å². The summed E-state index contributed by atoms with van der Waals surface area (Å²) in [5.41, 5.74) is 0.363. The van der Waals surface area contributed by atoms with Gasteiger partial charge in [0, 0.05) is 6.20 Å². The Hall–Kier alpha value is -1.84. The molecule has 0 aliphatic rings. The molecule has 12 heavy (non-hydrogen) atoms. The fourth-order valence-electron chi connectivity index (χ4n) is 0.902. The van der Waals surface area contributed by atoms with Gasteiger partial charge in [0.25, 0.3) is 0 Å². The van der Waals surface area contributed by atoms with E-state index in [-0.39, 0.29) is 5.75 Å². The van der Waals surface area contributed by atoms with Crippen LogP contribution in [0.2, 0.25) is 0 Å². The summed E-state index contributed by atoms with van der Waals surface area (Å²) in [5, 5.41) is 9.32. The highest BCUT2D eigenvalue weighted by Crippen LogP contribution is 2.23. The number of aromatic hydroxyl groups is 1. The molecule has 0 fully saturated rings. The first-order valence-corrected chi connectivity index (χ1v) is 3.42. The Morgan fingerprint density at radius 1 is 1.25 bits per heavy atom. The maximum absolute atomic E-state index is 9.32. The molecule has 2 heterocycles. The fraction of sp³-hybridized carbons (Fsp3) is 0. The van der Waals surface area contributed by atoms with Gasteiger partial charge in [-0.1, -0.05) is 0 Å². The first-order chi connectivity index (χ1) is 5.88. The van der Waals surface area contributed by atoms with Gasteiger partial charge in [0.2, 0.25) is 5.89 Å². The summed E-state index contributed by atoms with van der Waals surface area (Å²) in [6.07, 6.45) is 4.51. The van der Waals surface area contributed by atoms with Crippen LogP contribution in [0.25, 0.3) is 11.6 Å². The molecule has 4 heteroatoms. The monoisotopic (exact) mass is 162 g/mol. The summed E-state index contributed by atoms with van der Waals surface area (Å²) >= 11 is 0. The molecule has 0 atom stereocenters. The summed E-state index contributed by atoms with van der Waals surface area (Å²) in [6, 6.07) is 3.17. The zero-order valence-corrected chi connectivity index (χ0v) is 6.14. The number of oxazole rings is 1. The molecule has 0 aliphatic carbocycles. The van der Waals surface area contributed by atoms with Crippen molar-refractivity contribution in [2.75, 3.05) is 0 Å². The van der Waals surface area contributed by atoms with Crippen LogP contribution in [0.5, 0.6) is 5.75 Å². The first-order valence-electron chi connectivity index (χ1n) is 3.42. The van der Waals surface area contributed by atoms with Crippen LogP contribution in [0.3, 0.4) is 0 Å². The van der Waals surface area contributed by atoms with Gasteiger partial charge in [-0.15, -0.1) is 0 Å². The van der Waals surface area contributed by atoms with Crippen molar-refractivity contribution in [2.45, 2.75) is 0 Å². The van der Waals surface area contributed by atoms with Gasteiger partial charge in [-0.2, -0.15) is 0 Å². The van der Waals surface area contributed by atoms with Crippen LogP contribution in [0.4, 0.5) is 0 Å². The van der Waals surface area contributed by atoms with Crippen LogP contribution < -0.4 is 0 Å². The quantitative estimate of drug-likeness (QED) is 0.689. The molecule has 2 aromatic heterocycles. The zero-order chi connectivity index (χ0) is 8.39. The second-order valence-corrected chi connectivity index (χ2v) is 2.21. The van der Waals surface area contributed by atoms with E-state index in [1.165, 1.54) is 18.5 Å². The topological polar surface area (TPSA) is 59.2 Å². The van der Waals surface area contributed by atoms with Crippen molar-refractivity contribution in [3.63, 3.8) is 0 Å². The first kappa shape index (κ1) is 6.84. The van der Waals surface area contributed by atoms with Gasteiger partial charge >= 0.3 is 0 Å². The van der Waals surface area contributed by atoms with Gasteiger partial charge in [0.05, 0.1) is 6.20 Å². The second kappa shape index (κ2) is 2.65. The Morgan fingerprint density at radius 3 is 2.83 bits per heavy atom. The van der Waals surface area contributed by atoms with Gasteiger partial charge < -0.3 is 9.52 Å². The van der Waals surface area contributed by atoms with Gasteiger partial charge in [-0.25, -0.2) is 9.97 Å². The molecule has 0 aliphatic heterocycles. The Labute approximate surface area is 68.5 Å². The lowest BCUT2D eigenvalue weighted by Crippen LogP contribution is -1.82. The van der Waals surface area contributed by atoms with E-state index < -0.39 is 0 Å². The van der Waals surface area contributed by atoms with Crippen LogP contribution in [-0.4, -0.2) is 15.1 Å². The molecule has 0 aromatic carbocycles. The van der Waals surface area contributed by atoms with Crippen molar-refractivity contribution in [3.05, 3.63) is 30.8 Å². The van der Waals surface area contributed by atoms with E-state index in [9.17, 15) is 5.11 Å². The highest BCUT2D eigenvalue weighted by Gasteiger charge is 2.07. The minimum absolute atomic E-state index is 0.0694. The largest absolute Gasteiger partial charge is 0.505 e. The van der Waals surface area contributed by atoms with E-state index in [1.54, 1.807) is 12.3 Å². The zero-order valence-electron chi connectivity index (χ0n) is 6.14. The summed E-state index contributed by atoms with van der Waals surface area (Å²) < 4.78 is 4.97. The van der Waals surface area contributed by atoms with Crippen LogP contribution in [0.1, 0.15) is 0 Å². The number of hydrogen-bond donors (Lipinski definition) is 1. The van der Waals surface area contributed by atoms with Gasteiger partial charge in [0.1, 0.15) is 12.0 Å². The molecule has 2 aromatic rings. The van der Waals surface area contributed by atoms with E-state index >= 15 is 0 Å². The maximum Gasteiger partial charge on any atom is 0.248 e. The number of rotatable bonds is 1. The molecule has 1 N–H and O–H groups in total. The molecule has 0 spiro atoms. The van der Waals surface area contributed by atoms with Gasteiger partial charge in [0.15, 0.2) is 5.69 Å². The third kappa shape index (κ3) is 1.03. The number of nitrogens with zero attached hydrogens (tertiary/aromatic N) is 2. The molecular formula is C8H6N2O2. The Balaban J connectivity index is 2.55. The number of pyridine rings is 1. The van der Waals surface area contributed by atoms with Crippen molar-refractivity contribution in [1.29, 1.82) is 0 Å². The van der Waals surface area contributed by atoms with Crippen LogP contribution in [0.15, 0.2) is 35.2 Å². The molecule has 0 saturated carbocycles. The van der Waals surface area contributed by atoms with E-state index in [0.717, 1.165) is 0 Å². The van der Waals surface area contributed by atoms with Crippen LogP contribution in [0, 0.1) is 0 Å². The molecule has 4 nitrogen and oxygen atoms in total. The minimum atomic E-state index is 0.0694. The average Bonchev–Trinajstić information content (AvgIpc) is 2.57. The lowest BCUT2D eigenvalue weighted by atomic mass is 10.3. The Bertz CT molecular complexity index is 370. The van der Waals surface area contributed by atoms with E-state index in [2.05, 4.69) is 9.97 Å². The standard InChI is InChI=1S/C8H6N2O2/c11-6-2-1-3-9-7(6)8-10-4-5-12-8/h1-5,11H. The second-order valence-electron chi connectivity index (χ2n) is 2.21. The van der Waals surface area contributed by atoms with E-state index in [0.29, 0.717) is 11.6 Å². The molecule has 0 radical (unpaired) electrons. The summed E-state index contributed by atoms with van der Waals surface area (Å²) in [4.78, 5) is 7.77. The number of aromatic nitrogens is 2. The summed E-state index contributed by atoms with van der Waals surface area (Å²) in [7, 11) is 0. The van der Waals surface area contributed by atoms with Crippen LogP contribution >= 0.6 is 0 Å². The predicted octanol–water partition coefficient (Wildman–Crippen LogP) is 1.44. The van der Waals surface area contributed by atoms with E-state index in [1.807, 2.05) is 0 Å². The van der Waals surface area contributed by atoms with Gasteiger partial charge in [-0.3, -0.25) is 0 Å². The smallest absolute Gasteiger partial charge is 0.248 e. The summed E-state index contributed by atoms with van der Waals surface area (Å²) in [6.45, 7) is 0. The third-order valence-corrected chi connectivity index (χ3v) is 1.42.